The molecule has 2 fully saturated rings. The number of imidazole rings is 1. The number of anilines is 1. The summed E-state index contributed by atoms with van der Waals surface area (Å²) < 4.78 is 2.02. The molecule has 0 bridgehead atoms. The second kappa shape index (κ2) is 7.31. The van der Waals surface area contributed by atoms with Crippen molar-refractivity contribution in [1.82, 2.24) is 24.4 Å². The average molecular weight is 388 g/mol. The first-order valence-corrected chi connectivity index (χ1v) is 10.0. The van der Waals surface area contributed by atoms with Crippen LogP contribution in [0.3, 0.4) is 0 Å². The Morgan fingerprint density at radius 3 is 2.45 bits per heavy atom. The maximum Gasteiger partial charge on any atom is 0.253 e. The predicted molar refractivity (Wildman–Crippen MR) is 110 cm³/mol. The number of aromatic nitrogens is 4. The molecule has 2 unspecified atom stereocenters. The zero-order chi connectivity index (χ0) is 19.8. The van der Waals surface area contributed by atoms with Gasteiger partial charge in [-0.05, 0) is 30.7 Å². The molecule has 29 heavy (non-hydrogen) atoms. The lowest BCUT2D eigenvalue weighted by Crippen LogP contribution is -2.33. The fourth-order valence-electron chi connectivity index (χ4n) is 4.44. The van der Waals surface area contributed by atoms with Crippen molar-refractivity contribution in [3.05, 3.63) is 72.1 Å². The molecule has 4 heterocycles. The predicted octanol–water partition coefficient (Wildman–Crippen LogP) is 2.24. The van der Waals surface area contributed by atoms with Crippen molar-refractivity contribution in [2.75, 3.05) is 31.1 Å². The fourth-order valence-corrected chi connectivity index (χ4v) is 4.44. The van der Waals surface area contributed by atoms with E-state index in [-0.39, 0.29) is 5.91 Å². The van der Waals surface area contributed by atoms with Crippen LogP contribution in [0.4, 0.5) is 5.95 Å². The summed E-state index contributed by atoms with van der Waals surface area (Å²) in [4.78, 5) is 30.3. The van der Waals surface area contributed by atoms with Gasteiger partial charge in [-0.2, -0.15) is 0 Å². The van der Waals surface area contributed by atoms with Gasteiger partial charge in [0.2, 0.25) is 5.95 Å². The molecule has 5 rings (SSSR count). The first-order chi connectivity index (χ1) is 14.2. The minimum atomic E-state index is 0.131. The molecule has 2 aliphatic heterocycles. The van der Waals surface area contributed by atoms with E-state index in [2.05, 4.69) is 19.9 Å². The Morgan fingerprint density at radius 2 is 1.79 bits per heavy atom. The largest absolute Gasteiger partial charge is 0.340 e. The van der Waals surface area contributed by atoms with Crippen LogP contribution in [0, 0.1) is 18.8 Å². The van der Waals surface area contributed by atoms with Gasteiger partial charge in [0, 0.05) is 74.4 Å². The molecule has 7 heteroatoms. The quantitative estimate of drug-likeness (QED) is 0.686. The van der Waals surface area contributed by atoms with E-state index in [1.807, 2.05) is 59.1 Å². The highest BCUT2D eigenvalue weighted by molar-refractivity contribution is 5.94. The molecule has 2 aromatic heterocycles. The van der Waals surface area contributed by atoms with E-state index in [1.54, 1.807) is 12.5 Å². The SMILES string of the molecule is Cc1ccnc(N2CC3CN(C(=O)c4ccc(Cn5ccnc5)cc4)CC3C2)n1. The molecular formula is C22H24N6O. The summed E-state index contributed by atoms with van der Waals surface area (Å²) in [5.41, 5.74) is 2.91. The van der Waals surface area contributed by atoms with E-state index < -0.39 is 0 Å². The van der Waals surface area contributed by atoms with Crippen LogP contribution in [0.5, 0.6) is 0 Å². The molecule has 1 aromatic carbocycles. The monoisotopic (exact) mass is 388 g/mol. The second-order valence-corrected chi connectivity index (χ2v) is 8.07. The molecule has 2 aliphatic rings. The van der Waals surface area contributed by atoms with Crippen LogP contribution in [-0.4, -0.2) is 56.5 Å². The smallest absolute Gasteiger partial charge is 0.253 e. The van der Waals surface area contributed by atoms with E-state index in [0.717, 1.165) is 55.5 Å². The number of benzene rings is 1. The van der Waals surface area contributed by atoms with Crippen molar-refractivity contribution >= 4 is 11.9 Å². The summed E-state index contributed by atoms with van der Waals surface area (Å²) in [6, 6.07) is 9.86. The Hall–Kier alpha value is -3.22. The number of hydrogen-bond donors (Lipinski definition) is 0. The number of rotatable bonds is 4. The van der Waals surface area contributed by atoms with Crippen molar-refractivity contribution in [3.63, 3.8) is 0 Å². The van der Waals surface area contributed by atoms with Crippen molar-refractivity contribution < 1.29 is 4.79 Å². The molecule has 0 radical (unpaired) electrons. The van der Waals surface area contributed by atoms with Gasteiger partial charge in [-0.1, -0.05) is 12.1 Å². The van der Waals surface area contributed by atoms with Crippen LogP contribution in [0.2, 0.25) is 0 Å². The van der Waals surface area contributed by atoms with Gasteiger partial charge in [-0.15, -0.1) is 0 Å². The van der Waals surface area contributed by atoms with E-state index >= 15 is 0 Å². The molecule has 0 aliphatic carbocycles. The number of fused-ring (bicyclic) bond motifs is 1. The highest BCUT2D eigenvalue weighted by Crippen LogP contribution is 2.33. The maximum absolute atomic E-state index is 13.0. The summed E-state index contributed by atoms with van der Waals surface area (Å²) in [6.45, 7) is 6.21. The zero-order valence-corrected chi connectivity index (χ0v) is 16.5. The van der Waals surface area contributed by atoms with Crippen LogP contribution < -0.4 is 4.90 Å². The molecule has 7 nitrogen and oxygen atoms in total. The summed E-state index contributed by atoms with van der Waals surface area (Å²) in [5, 5.41) is 0. The third kappa shape index (κ3) is 3.60. The number of aryl methyl sites for hydroxylation is 1. The molecule has 3 aromatic rings. The highest BCUT2D eigenvalue weighted by Gasteiger charge is 2.42. The molecule has 2 atom stereocenters. The van der Waals surface area contributed by atoms with E-state index in [1.165, 1.54) is 0 Å². The second-order valence-electron chi connectivity index (χ2n) is 8.07. The van der Waals surface area contributed by atoms with Gasteiger partial charge in [0.25, 0.3) is 5.91 Å². The third-order valence-electron chi connectivity index (χ3n) is 5.96. The van der Waals surface area contributed by atoms with Crippen LogP contribution in [-0.2, 0) is 6.54 Å². The number of hydrogen-bond acceptors (Lipinski definition) is 5. The summed E-state index contributed by atoms with van der Waals surface area (Å²) >= 11 is 0. The molecule has 0 spiro atoms. The minimum absolute atomic E-state index is 0.131. The van der Waals surface area contributed by atoms with Gasteiger partial charge in [-0.3, -0.25) is 4.79 Å². The Balaban J connectivity index is 1.21. The van der Waals surface area contributed by atoms with Gasteiger partial charge in [-0.25, -0.2) is 15.0 Å². The van der Waals surface area contributed by atoms with Gasteiger partial charge in [0.1, 0.15) is 0 Å². The zero-order valence-electron chi connectivity index (χ0n) is 16.5. The summed E-state index contributed by atoms with van der Waals surface area (Å²) in [7, 11) is 0. The molecule has 0 N–H and O–H groups in total. The minimum Gasteiger partial charge on any atom is -0.340 e. The number of carbonyl (C=O) groups excluding carboxylic acids is 1. The number of amides is 1. The molecule has 2 saturated heterocycles. The lowest BCUT2D eigenvalue weighted by atomic mass is 10.0. The number of likely N-dealkylation sites (tertiary alicyclic amines) is 1. The number of carbonyl (C=O) groups is 1. The van der Waals surface area contributed by atoms with Crippen LogP contribution in [0.15, 0.2) is 55.2 Å². The Bertz CT molecular complexity index is 986. The first kappa shape index (κ1) is 17.8. The van der Waals surface area contributed by atoms with Gasteiger partial charge in [0.05, 0.1) is 6.33 Å². The van der Waals surface area contributed by atoms with Crippen LogP contribution in [0.1, 0.15) is 21.6 Å². The molecule has 148 valence electrons. The normalized spacial score (nSPS) is 20.9. The summed E-state index contributed by atoms with van der Waals surface area (Å²) in [6.07, 6.45) is 7.33. The lowest BCUT2D eigenvalue weighted by molar-refractivity contribution is 0.0782. The van der Waals surface area contributed by atoms with Crippen LogP contribution >= 0.6 is 0 Å². The van der Waals surface area contributed by atoms with Crippen molar-refractivity contribution in [1.29, 1.82) is 0 Å². The fraction of sp³-hybridized carbons (Fsp3) is 0.364. The Morgan fingerprint density at radius 1 is 1.03 bits per heavy atom. The van der Waals surface area contributed by atoms with Crippen molar-refractivity contribution in [3.8, 4) is 0 Å². The van der Waals surface area contributed by atoms with Gasteiger partial charge in [0.15, 0.2) is 0 Å². The number of nitrogens with zero attached hydrogens (tertiary/aromatic N) is 6. The van der Waals surface area contributed by atoms with E-state index in [0.29, 0.717) is 11.8 Å². The van der Waals surface area contributed by atoms with Crippen molar-refractivity contribution in [2.45, 2.75) is 13.5 Å². The Labute approximate surface area is 170 Å². The van der Waals surface area contributed by atoms with E-state index in [9.17, 15) is 4.79 Å². The summed E-state index contributed by atoms with van der Waals surface area (Å²) in [5.74, 6) is 1.92. The molecule has 1 amide bonds. The molecular weight excluding hydrogens is 364 g/mol. The first-order valence-electron chi connectivity index (χ1n) is 10.0. The van der Waals surface area contributed by atoms with Crippen molar-refractivity contribution in [2.24, 2.45) is 11.8 Å². The van der Waals surface area contributed by atoms with Gasteiger partial charge >= 0.3 is 0 Å². The highest BCUT2D eigenvalue weighted by atomic mass is 16.2. The van der Waals surface area contributed by atoms with Gasteiger partial charge < -0.3 is 14.4 Å². The Kier molecular flexibility index (Phi) is 4.50. The topological polar surface area (TPSA) is 67.2 Å². The standard InChI is InChI=1S/C22H24N6O/c1-16-6-7-24-22(25-16)28-13-19-11-27(12-20(19)14-28)21(29)18-4-2-17(3-5-18)10-26-9-8-23-15-26/h2-9,15,19-20H,10-14H2,1H3. The third-order valence-corrected chi connectivity index (χ3v) is 5.96. The average Bonchev–Trinajstić information content (AvgIpc) is 3.44. The van der Waals surface area contributed by atoms with E-state index in [4.69, 9.17) is 0 Å². The molecule has 0 saturated carbocycles. The van der Waals surface area contributed by atoms with Crippen LogP contribution in [0.25, 0.3) is 0 Å². The maximum atomic E-state index is 13.0. The lowest BCUT2D eigenvalue weighted by Gasteiger charge is -2.22.